The fraction of sp³-hybridized carbons (Fsp3) is 0.250. The molecule has 106 valence electrons. The van der Waals surface area contributed by atoms with Gasteiger partial charge >= 0.3 is 0 Å². The van der Waals surface area contributed by atoms with Crippen molar-refractivity contribution in [2.75, 3.05) is 13.7 Å². The van der Waals surface area contributed by atoms with Gasteiger partial charge in [0.2, 0.25) is 0 Å². The number of halogens is 1. The number of ether oxygens (including phenoxy) is 2. The first-order chi connectivity index (χ1) is 9.72. The molecule has 20 heavy (non-hydrogen) atoms. The summed E-state index contributed by atoms with van der Waals surface area (Å²) in [6.45, 7) is 2.49. The molecule has 0 bridgehead atoms. The molecule has 0 fully saturated rings. The predicted molar refractivity (Wildman–Crippen MR) is 82.4 cm³/mol. The van der Waals surface area contributed by atoms with Crippen LogP contribution in [0.3, 0.4) is 0 Å². The topological polar surface area (TPSA) is 30.5 Å². The first-order valence-corrected chi connectivity index (χ1v) is 6.84. The molecule has 0 saturated carbocycles. The lowest BCUT2D eigenvalue weighted by molar-refractivity contribution is 0.289. The van der Waals surface area contributed by atoms with E-state index >= 15 is 0 Å². The molecule has 4 heteroatoms. The molecule has 3 nitrogen and oxygen atoms in total. The van der Waals surface area contributed by atoms with E-state index in [1.54, 1.807) is 7.11 Å². The molecule has 0 aliphatic heterocycles. The summed E-state index contributed by atoms with van der Waals surface area (Å²) in [5, 5.41) is 0. The molecule has 2 aromatic rings. The number of benzene rings is 2. The molecule has 1 atom stereocenters. The molecule has 1 unspecified atom stereocenters. The fourth-order valence-corrected chi connectivity index (χ4v) is 1.84. The first kappa shape index (κ1) is 14.7. The van der Waals surface area contributed by atoms with E-state index < -0.39 is 0 Å². The maximum absolute atomic E-state index is 5.62. The third-order valence-corrected chi connectivity index (χ3v) is 3.34. The number of nitrogens with one attached hydrogen (secondary N) is 1. The minimum atomic E-state index is 0.109. The Balaban J connectivity index is 2.03. The molecule has 1 N–H and O–H groups in total. The number of hydrogen-bond donors (Lipinski definition) is 1. The standard InChI is InChI=1S/C16H18ClNO2/c1-12(18-17)11-20-16-9-5-14(6-10-16)13-3-7-15(19-2)8-4-13/h3-10,12,18H,11H2,1-2H3. The fourth-order valence-electron chi connectivity index (χ4n) is 1.78. The van der Waals surface area contributed by atoms with Gasteiger partial charge in [0.25, 0.3) is 0 Å². The smallest absolute Gasteiger partial charge is 0.119 e. The molecular formula is C16H18ClNO2. The Morgan fingerprint density at radius 3 is 1.90 bits per heavy atom. The quantitative estimate of drug-likeness (QED) is 0.820. The second kappa shape index (κ2) is 7.17. The molecule has 0 aliphatic rings. The van der Waals surface area contributed by atoms with Gasteiger partial charge in [-0.1, -0.05) is 24.3 Å². The summed E-state index contributed by atoms with van der Waals surface area (Å²) in [6, 6.07) is 16.1. The number of methoxy groups -OCH3 is 1. The van der Waals surface area contributed by atoms with Crippen LogP contribution in [0.15, 0.2) is 48.5 Å². The van der Waals surface area contributed by atoms with Gasteiger partial charge < -0.3 is 9.47 Å². The van der Waals surface area contributed by atoms with E-state index in [2.05, 4.69) is 4.84 Å². The Bertz CT molecular complexity index is 525. The van der Waals surface area contributed by atoms with Crippen LogP contribution in [-0.2, 0) is 0 Å². The summed E-state index contributed by atoms with van der Waals surface area (Å²) in [5.74, 6) is 1.69. The van der Waals surface area contributed by atoms with E-state index in [0.717, 1.165) is 22.6 Å². The van der Waals surface area contributed by atoms with Crippen molar-refractivity contribution < 1.29 is 9.47 Å². The zero-order valence-corrected chi connectivity index (χ0v) is 12.4. The van der Waals surface area contributed by atoms with Gasteiger partial charge in [-0.05, 0) is 54.1 Å². The lowest BCUT2D eigenvalue weighted by Crippen LogP contribution is -2.24. The molecular weight excluding hydrogens is 274 g/mol. The van der Waals surface area contributed by atoms with Gasteiger partial charge in [-0.25, -0.2) is 4.84 Å². The number of rotatable bonds is 6. The Morgan fingerprint density at radius 1 is 0.950 bits per heavy atom. The Kier molecular flexibility index (Phi) is 5.27. The van der Waals surface area contributed by atoms with E-state index in [0.29, 0.717) is 6.61 Å². The summed E-state index contributed by atoms with van der Waals surface area (Å²) >= 11 is 5.51. The normalized spacial score (nSPS) is 11.9. The predicted octanol–water partition coefficient (Wildman–Crippen LogP) is 3.87. The van der Waals surface area contributed by atoms with Gasteiger partial charge in [0.05, 0.1) is 13.2 Å². The SMILES string of the molecule is COc1ccc(-c2ccc(OCC(C)NCl)cc2)cc1. The highest BCUT2D eigenvalue weighted by Gasteiger charge is 2.02. The molecule has 2 aromatic carbocycles. The summed E-state index contributed by atoms with van der Waals surface area (Å²) in [7, 11) is 1.66. The molecule has 0 heterocycles. The van der Waals surface area contributed by atoms with Crippen molar-refractivity contribution in [3.05, 3.63) is 48.5 Å². The maximum Gasteiger partial charge on any atom is 0.119 e. The molecule has 0 spiro atoms. The van der Waals surface area contributed by atoms with E-state index in [4.69, 9.17) is 21.3 Å². The van der Waals surface area contributed by atoms with E-state index in [1.807, 2.05) is 55.5 Å². The zero-order chi connectivity index (χ0) is 14.4. The molecule has 0 saturated heterocycles. The van der Waals surface area contributed by atoms with E-state index in [1.165, 1.54) is 0 Å². The van der Waals surface area contributed by atoms with Gasteiger partial charge in [0, 0.05) is 0 Å². The highest BCUT2D eigenvalue weighted by molar-refractivity contribution is 6.13. The van der Waals surface area contributed by atoms with Crippen molar-refractivity contribution in [2.24, 2.45) is 0 Å². The molecule has 0 radical (unpaired) electrons. The zero-order valence-electron chi connectivity index (χ0n) is 11.6. The summed E-state index contributed by atoms with van der Waals surface area (Å²) in [4.78, 5) is 2.62. The Morgan fingerprint density at radius 2 is 1.45 bits per heavy atom. The summed E-state index contributed by atoms with van der Waals surface area (Å²) < 4.78 is 10.8. The lowest BCUT2D eigenvalue weighted by atomic mass is 10.1. The molecule has 2 rings (SSSR count). The van der Waals surface area contributed by atoms with Gasteiger partial charge in [0.15, 0.2) is 0 Å². The van der Waals surface area contributed by atoms with Crippen LogP contribution in [-0.4, -0.2) is 19.8 Å². The second-order valence-electron chi connectivity index (χ2n) is 4.57. The third-order valence-electron chi connectivity index (χ3n) is 2.96. The van der Waals surface area contributed by atoms with Crippen molar-refractivity contribution in [3.8, 4) is 22.6 Å². The van der Waals surface area contributed by atoms with Crippen LogP contribution in [0.25, 0.3) is 11.1 Å². The first-order valence-electron chi connectivity index (χ1n) is 6.46. The largest absolute Gasteiger partial charge is 0.497 e. The monoisotopic (exact) mass is 291 g/mol. The van der Waals surface area contributed by atoms with Gasteiger partial charge in [-0.3, -0.25) is 0 Å². The van der Waals surface area contributed by atoms with Crippen LogP contribution < -0.4 is 14.3 Å². The lowest BCUT2D eigenvalue weighted by Gasteiger charge is -2.11. The summed E-state index contributed by atoms with van der Waals surface area (Å²) in [5.41, 5.74) is 2.29. The van der Waals surface area contributed by atoms with Gasteiger partial charge in [-0.2, -0.15) is 0 Å². The average molecular weight is 292 g/mol. The minimum absolute atomic E-state index is 0.109. The van der Waals surface area contributed by atoms with Crippen LogP contribution in [0.2, 0.25) is 0 Å². The highest BCUT2D eigenvalue weighted by atomic mass is 35.5. The van der Waals surface area contributed by atoms with Crippen LogP contribution >= 0.6 is 11.8 Å². The van der Waals surface area contributed by atoms with Crippen molar-refractivity contribution >= 4 is 11.8 Å². The van der Waals surface area contributed by atoms with E-state index in [9.17, 15) is 0 Å². The van der Waals surface area contributed by atoms with Crippen LogP contribution in [0, 0.1) is 0 Å². The number of hydrogen-bond acceptors (Lipinski definition) is 3. The Labute approximate surface area is 124 Å². The third kappa shape index (κ3) is 3.89. The minimum Gasteiger partial charge on any atom is -0.497 e. The average Bonchev–Trinajstić information content (AvgIpc) is 2.53. The molecule has 0 amide bonds. The van der Waals surface area contributed by atoms with Crippen molar-refractivity contribution in [3.63, 3.8) is 0 Å². The van der Waals surface area contributed by atoms with Crippen LogP contribution in [0.1, 0.15) is 6.92 Å². The maximum atomic E-state index is 5.62. The highest BCUT2D eigenvalue weighted by Crippen LogP contribution is 2.24. The van der Waals surface area contributed by atoms with Gasteiger partial charge in [0.1, 0.15) is 18.1 Å². The van der Waals surface area contributed by atoms with Crippen LogP contribution in [0.4, 0.5) is 0 Å². The van der Waals surface area contributed by atoms with Crippen molar-refractivity contribution in [2.45, 2.75) is 13.0 Å². The van der Waals surface area contributed by atoms with E-state index in [-0.39, 0.29) is 6.04 Å². The molecule has 0 aliphatic carbocycles. The summed E-state index contributed by atoms with van der Waals surface area (Å²) in [6.07, 6.45) is 0. The van der Waals surface area contributed by atoms with Crippen LogP contribution in [0.5, 0.6) is 11.5 Å². The van der Waals surface area contributed by atoms with Crippen molar-refractivity contribution in [1.82, 2.24) is 4.84 Å². The van der Waals surface area contributed by atoms with Gasteiger partial charge in [-0.15, -0.1) is 0 Å². The molecule has 0 aromatic heterocycles. The van der Waals surface area contributed by atoms with Crippen molar-refractivity contribution in [1.29, 1.82) is 0 Å². The Hall–Kier alpha value is -1.71. The second-order valence-corrected chi connectivity index (χ2v) is 4.79.